The normalized spacial score (nSPS) is 10.9. The van der Waals surface area contributed by atoms with Gasteiger partial charge in [0.05, 0.1) is 10.0 Å². The van der Waals surface area contributed by atoms with E-state index in [1.165, 1.54) is 12.3 Å². The second-order valence-corrected chi connectivity index (χ2v) is 6.03. The van der Waals surface area contributed by atoms with E-state index in [0.29, 0.717) is 26.4 Å². The molecule has 2 aromatic carbocycles. The summed E-state index contributed by atoms with van der Waals surface area (Å²) in [6.45, 7) is 1.83. The van der Waals surface area contributed by atoms with Gasteiger partial charge in [-0.05, 0) is 42.8 Å². The highest BCUT2D eigenvalue weighted by Crippen LogP contribution is 2.25. The summed E-state index contributed by atoms with van der Waals surface area (Å²) in [6.07, 6.45) is 1.32. The lowest BCUT2D eigenvalue weighted by molar-refractivity contribution is -0.112. The van der Waals surface area contributed by atoms with Crippen molar-refractivity contribution in [2.24, 2.45) is 0 Å². The molecule has 0 heterocycles. The number of amides is 1. The lowest BCUT2D eigenvalue weighted by Crippen LogP contribution is -2.14. The van der Waals surface area contributed by atoms with Crippen LogP contribution in [0.1, 0.15) is 5.56 Å². The van der Waals surface area contributed by atoms with Gasteiger partial charge in [-0.25, -0.2) is 0 Å². The van der Waals surface area contributed by atoms with E-state index in [0.717, 1.165) is 5.56 Å². The van der Waals surface area contributed by atoms with E-state index in [2.05, 4.69) is 10.6 Å². The third-order valence-corrected chi connectivity index (χ3v) is 4.33. The Kier molecular flexibility index (Phi) is 6.10. The van der Waals surface area contributed by atoms with Gasteiger partial charge in [0.25, 0.3) is 5.91 Å². The monoisotopic (exact) mass is 379 g/mol. The zero-order valence-electron chi connectivity index (χ0n) is 12.5. The minimum atomic E-state index is -0.567. The summed E-state index contributed by atoms with van der Waals surface area (Å²) in [5.74, 6) is -0.567. The number of anilines is 2. The Morgan fingerprint density at radius 1 is 1.12 bits per heavy atom. The predicted octanol–water partition coefficient (Wildman–Crippen LogP) is 5.41. The van der Waals surface area contributed by atoms with Crippen molar-refractivity contribution in [1.29, 1.82) is 5.26 Å². The first-order valence-corrected chi connectivity index (χ1v) is 7.94. The Hall–Kier alpha value is -2.19. The molecule has 2 rings (SSSR count). The standard InChI is InChI=1S/C17H12Cl3N3O/c1-10-13(18)3-2-4-16(10)22-9-11(8-21)17(24)23-12-5-6-14(19)15(20)7-12/h2-7,9,22H,1H3,(H,23,24)/b11-9-. The van der Waals surface area contributed by atoms with Crippen molar-refractivity contribution >= 4 is 52.1 Å². The van der Waals surface area contributed by atoms with E-state index in [1.54, 1.807) is 30.3 Å². The average molecular weight is 381 g/mol. The van der Waals surface area contributed by atoms with Gasteiger partial charge in [0.1, 0.15) is 11.6 Å². The van der Waals surface area contributed by atoms with Gasteiger partial charge in [-0.2, -0.15) is 5.26 Å². The van der Waals surface area contributed by atoms with Crippen LogP contribution in [0.2, 0.25) is 15.1 Å². The minimum Gasteiger partial charge on any atom is -0.360 e. The fraction of sp³-hybridized carbons (Fsp3) is 0.0588. The molecule has 2 N–H and O–H groups in total. The number of carbonyl (C=O) groups excluding carboxylic acids is 1. The summed E-state index contributed by atoms with van der Waals surface area (Å²) in [6, 6.07) is 11.8. The number of halogens is 3. The Balaban J connectivity index is 2.15. The van der Waals surface area contributed by atoms with Crippen molar-refractivity contribution in [2.45, 2.75) is 6.92 Å². The highest BCUT2D eigenvalue weighted by Gasteiger charge is 2.11. The molecule has 0 aliphatic carbocycles. The van der Waals surface area contributed by atoms with Crippen LogP contribution in [0.5, 0.6) is 0 Å². The van der Waals surface area contributed by atoms with E-state index in [1.807, 2.05) is 13.0 Å². The fourth-order valence-electron chi connectivity index (χ4n) is 1.83. The summed E-state index contributed by atoms with van der Waals surface area (Å²) in [7, 11) is 0. The lowest BCUT2D eigenvalue weighted by Gasteiger charge is -2.08. The van der Waals surface area contributed by atoms with Gasteiger partial charge in [0.2, 0.25) is 0 Å². The molecule has 4 nitrogen and oxygen atoms in total. The highest BCUT2D eigenvalue weighted by molar-refractivity contribution is 6.42. The maximum absolute atomic E-state index is 12.2. The largest absolute Gasteiger partial charge is 0.360 e. The lowest BCUT2D eigenvalue weighted by atomic mass is 10.2. The molecule has 0 aromatic heterocycles. The van der Waals surface area contributed by atoms with E-state index in [4.69, 9.17) is 34.8 Å². The number of benzene rings is 2. The molecule has 7 heteroatoms. The fourth-order valence-corrected chi connectivity index (χ4v) is 2.31. The Morgan fingerprint density at radius 3 is 2.54 bits per heavy atom. The molecule has 0 atom stereocenters. The van der Waals surface area contributed by atoms with Crippen LogP contribution in [0, 0.1) is 18.3 Å². The third kappa shape index (κ3) is 4.42. The summed E-state index contributed by atoms with van der Waals surface area (Å²) in [5, 5.41) is 16.0. The second kappa shape index (κ2) is 8.07. The first-order valence-electron chi connectivity index (χ1n) is 6.80. The van der Waals surface area contributed by atoms with Gasteiger partial charge >= 0.3 is 0 Å². The highest BCUT2D eigenvalue weighted by atomic mass is 35.5. The van der Waals surface area contributed by atoms with Crippen LogP contribution in [0.3, 0.4) is 0 Å². The molecule has 0 aliphatic rings. The molecular weight excluding hydrogens is 369 g/mol. The van der Waals surface area contributed by atoms with Crippen molar-refractivity contribution in [2.75, 3.05) is 10.6 Å². The van der Waals surface area contributed by atoms with Gasteiger partial charge in [-0.1, -0.05) is 40.9 Å². The molecule has 24 heavy (non-hydrogen) atoms. The number of rotatable bonds is 4. The zero-order valence-corrected chi connectivity index (χ0v) is 14.8. The van der Waals surface area contributed by atoms with Gasteiger partial charge in [0.15, 0.2) is 0 Å². The molecule has 0 bridgehead atoms. The molecule has 2 aromatic rings. The van der Waals surface area contributed by atoms with Crippen LogP contribution in [-0.4, -0.2) is 5.91 Å². The van der Waals surface area contributed by atoms with Crippen molar-refractivity contribution in [3.05, 3.63) is 68.8 Å². The molecule has 0 radical (unpaired) electrons. The van der Waals surface area contributed by atoms with E-state index >= 15 is 0 Å². The Bertz CT molecular complexity index is 857. The summed E-state index contributed by atoms with van der Waals surface area (Å²) in [4.78, 5) is 12.2. The van der Waals surface area contributed by atoms with Crippen molar-refractivity contribution in [3.8, 4) is 6.07 Å². The van der Waals surface area contributed by atoms with Crippen molar-refractivity contribution in [1.82, 2.24) is 0 Å². The third-order valence-electron chi connectivity index (χ3n) is 3.18. The second-order valence-electron chi connectivity index (χ2n) is 4.81. The molecule has 0 saturated carbocycles. The number of nitrogens with zero attached hydrogens (tertiary/aromatic N) is 1. The van der Waals surface area contributed by atoms with Crippen LogP contribution in [0.4, 0.5) is 11.4 Å². The summed E-state index contributed by atoms with van der Waals surface area (Å²) >= 11 is 17.8. The quantitative estimate of drug-likeness (QED) is 0.550. The molecule has 1 amide bonds. The maximum atomic E-state index is 12.2. The van der Waals surface area contributed by atoms with E-state index in [-0.39, 0.29) is 5.57 Å². The Labute approximate surface area is 154 Å². The van der Waals surface area contributed by atoms with Crippen LogP contribution < -0.4 is 10.6 Å². The average Bonchev–Trinajstić information content (AvgIpc) is 2.55. The predicted molar refractivity (Wildman–Crippen MR) is 98.6 cm³/mol. The van der Waals surface area contributed by atoms with Crippen LogP contribution in [-0.2, 0) is 4.79 Å². The van der Waals surface area contributed by atoms with E-state index in [9.17, 15) is 10.1 Å². The number of carbonyl (C=O) groups is 1. The molecule has 122 valence electrons. The smallest absolute Gasteiger partial charge is 0.267 e. The number of nitrogens with one attached hydrogen (secondary N) is 2. The number of nitriles is 1. The van der Waals surface area contributed by atoms with Crippen molar-refractivity contribution in [3.63, 3.8) is 0 Å². The first-order chi connectivity index (χ1) is 11.4. The topological polar surface area (TPSA) is 64.9 Å². The molecule has 0 fully saturated rings. The summed E-state index contributed by atoms with van der Waals surface area (Å²) in [5.41, 5.74) is 1.87. The van der Waals surface area contributed by atoms with Crippen LogP contribution in [0.25, 0.3) is 0 Å². The van der Waals surface area contributed by atoms with Gasteiger partial charge in [-0.3, -0.25) is 4.79 Å². The Morgan fingerprint density at radius 2 is 1.88 bits per heavy atom. The zero-order chi connectivity index (χ0) is 17.7. The maximum Gasteiger partial charge on any atom is 0.267 e. The van der Waals surface area contributed by atoms with Crippen LogP contribution in [0.15, 0.2) is 48.2 Å². The molecule has 0 spiro atoms. The molecular formula is C17H12Cl3N3O. The number of hydrogen-bond acceptors (Lipinski definition) is 3. The van der Waals surface area contributed by atoms with E-state index < -0.39 is 5.91 Å². The van der Waals surface area contributed by atoms with Crippen molar-refractivity contribution < 1.29 is 4.79 Å². The first kappa shape index (κ1) is 18.2. The molecule has 0 saturated heterocycles. The minimum absolute atomic E-state index is 0.0968. The van der Waals surface area contributed by atoms with Gasteiger partial charge < -0.3 is 10.6 Å². The summed E-state index contributed by atoms with van der Waals surface area (Å²) < 4.78 is 0. The van der Waals surface area contributed by atoms with Gasteiger partial charge in [0, 0.05) is 22.6 Å². The number of hydrogen-bond donors (Lipinski definition) is 2. The van der Waals surface area contributed by atoms with Gasteiger partial charge in [-0.15, -0.1) is 0 Å². The van der Waals surface area contributed by atoms with Crippen LogP contribution >= 0.6 is 34.8 Å². The molecule has 0 unspecified atom stereocenters. The molecule has 0 aliphatic heterocycles. The SMILES string of the molecule is Cc1c(Cl)cccc1N/C=C(/C#N)C(=O)Nc1ccc(Cl)c(Cl)c1.